The number of aromatic nitrogens is 2. The Labute approximate surface area is 247 Å². The molecule has 218 valence electrons. The van der Waals surface area contributed by atoms with Crippen molar-refractivity contribution in [3.8, 4) is 11.5 Å². The predicted molar refractivity (Wildman–Crippen MR) is 166 cm³/mol. The molecule has 3 aromatic rings. The topological polar surface area (TPSA) is 98.7 Å². The van der Waals surface area contributed by atoms with Crippen molar-refractivity contribution in [2.24, 2.45) is 0 Å². The Kier molecular flexibility index (Phi) is 9.66. The van der Waals surface area contributed by atoms with Crippen LogP contribution >= 0.6 is 22.7 Å². The number of anilines is 1. The molecule has 0 aliphatic heterocycles. The first-order chi connectivity index (χ1) is 19.3. The maximum atomic E-state index is 11.0. The summed E-state index contributed by atoms with van der Waals surface area (Å²) < 4.78 is 0. The lowest BCUT2D eigenvalue weighted by Gasteiger charge is -2.34. The van der Waals surface area contributed by atoms with E-state index in [1.165, 1.54) is 26.1 Å². The Balaban J connectivity index is 1.20. The normalized spacial score (nSPS) is 18.8. The third-order valence-corrected chi connectivity index (χ3v) is 10.6. The second kappa shape index (κ2) is 13.2. The zero-order chi connectivity index (χ0) is 28.2. The van der Waals surface area contributed by atoms with Crippen LogP contribution in [0.3, 0.4) is 0 Å². The summed E-state index contributed by atoms with van der Waals surface area (Å²) in [6.07, 6.45) is 9.98. The van der Waals surface area contributed by atoms with Crippen molar-refractivity contribution in [3.63, 3.8) is 0 Å². The van der Waals surface area contributed by atoms with Crippen LogP contribution < -0.4 is 5.73 Å². The molecule has 2 aromatic heterocycles. The largest absolute Gasteiger partial charge is 0.508 e. The van der Waals surface area contributed by atoms with E-state index in [4.69, 9.17) is 10.7 Å². The van der Waals surface area contributed by atoms with Gasteiger partial charge in [0, 0.05) is 34.9 Å². The van der Waals surface area contributed by atoms with Crippen molar-refractivity contribution in [3.05, 3.63) is 49.4 Å². The number of aromatic hydroxyl groups is 2. The van der Waals surface area contributed by atoms with Crippen LogP contribution in [0.5, 0.6) is 11.5 Å². The molecular formula is C31H45N5O2S2. The molecule has 1 aromatic carbocycles. The van der Waals surface area contributed by atoms with Gasteiger partial charge < -0.3 is 15.9 Å². The van der Waals surface area contributed by atoms with E-state index in [0.717, 1.165) is 95.1 Å². The zero-order valence-corrected chi connectivity index (χ0v) is 25.9. The van der Waals surface area contributed by atoms with Gasteiger partial charge in [0.15, 0.2) is 5.13 Å². The van der Waals surface area contributed by atoms with Crippen molar-refractivity contribution in [1.82, 2.24) is 19.8 Å². The van der Waals surface area contributed by atoms with E-state index in [1.54, 1.807) is 23.5 Å². The molecule has 0 saturated heterocycles. The third kappa shape index (κ3) is 6.81. The smallest absolute Gasteiger partial charge is 0.180 e. The fraction of sp³-hybridized carbons (Fsp3) is 0.613. The average molecular weight is 584 g/mol. The van der Waals surface area contributed by atoms with Gasteiger partial charge in [-0.15, -0.1) is 22.7 Å². The predicted octanol–water partition coefficient (Wildman–Crippen LogP) is 5.53. The Hall–Kier alpha value is -2.20. The van der Waals surface area contributed by atoms with Crippen molar-refractivity contribution >= 4 is 27.8 Å². The first kappa shape index (κ1) is 29.3. The number of hydrogen-bond acceptors (Lipinski definition) is 9. The SMILES string of the molecule is CCCN(CCc1cc(O)c(CCN(CCC)[C@H]2CCc3nc(N)sc3C2)cc1O)C1CCc2nc(C)sc2C1. The molecule has 7 nitrogen and oxygen atoms in total. The molecule has 0 radical (unpaired) electrons. The Morgan fingerprint density at radius 3 is 1.82 bits per heavy atom. The number of thiazole rings is 2. The number of rotatable bonds is 12. The monoisotopic (exact) mass is 583 g/mol. The molecule has 2 aliphatic rings. The molecule has 0 saturated carbocycles. The number of benzene rings is 1. The van der Waals surface area contributed by atoms with Gasteiger partial charge in [0.2, 0.25) is 0 Å². The van der Waals surface area contributed by atoms with Crippen LogP contribution in [0.4, 0.5) is 5.13 Å². The van der Waals surface area contributed by atoms with Gasteiger partial charge in [-0.05, 0) is 107 Å². The second-order valence-electron chi connectivity index (χ2n) is 11.5. The molecule has 2 atom stereocenters. The Bertz CT molecular complexity index is 1190. The van der Waals surface area contributed by atoms with Crippen molar-refractivity contribution in [2.75, 3.05) is 31.9 Å². The average Bonchev–Trinajstić information content (AvgIpc) is 3.50. The molecule has 5 rings (SSSR count). The van der Waals surface area contributed by atoms with Crippen LogP contribution in [0.1, 0.15) is 76.8 Å². The lowest BCUT2D eigenvalue weighted by molar-refractivity contribution is 0.181. The second-order valence-corrected chi connectivity index (χ2v) is 13.9. The van der Waals surface area contributed by atoms with Crippen molar-refractivity contribution in [2.45, 2.75) is 97.1 Å². The highest BCUT2D eigenvalue weighted by molar-refractivity contribution is 7.15. The lowest BCUT2D eigenvalue weighted by Crippen LogP contribution is -2.41. The fourth-order valence-corrected chi connectivity index (χ4v) is 8.61. The summed E-state index contributed by atoms with van der Waals surface area (Å²) in [5.41, 5.74) is 10.1. The molecule has 1 unspecified atom stereocenters. The zero-order valence-electron chi connectivity index (χ0n) is 24.3. The standard InChI is InChI=1S/C31H45N5O2S2/c1-4-12-35(23-6-8-25-29(18-23)39-20(3)33-25)14-10-21-16-28(38)22(17-27(21)37)11-15-36(13-5-2)24-7-9-26-30(19-24)40-31(32)34-26/h16-17,23-24,37-38H,4-15,18-19H2,1-3H3,(H2,32,34)/t23?,24-/m0/s1. The quantitative estimate of drug-likeness (QED) is 0.241. The first-order valence-electron chi connectivity index (χ1n) is 15.1. The van der Waals surface area contributed by atoms with Crippen molar-refractivity contribution < 1.29 is 10.2 Å². The molecule has 2 aliphatic carbocycles. The summed E-state index contributed by atoms with van der Waals surface area (Å²) in [6, 6.07) is 4.59. The lowest BCUT2D eigenvalue weighted by atomic mass is 9.95. The minimum absolute atomic E-state index is 0.301. The van der Waals surface area contributed by atoms with Gasteiger partial charge in [0.1, 0.15) is 11.5 Å². The fourth-order valence-electron chi connectivity index (χ4n) is 6.61. The maximum Gasteiger partial charge on any atom is 0.180 e. The number of fused-ring (bicyclic) bond motifs is 2. The molecule has 0 fully saturated rings. The molecule has 2 heterocycles. The molecule has 0 spiro atoms. The van der Waals surface area contributed by atoms with Crippen molar-refractivity contribution in [1.29, 1.82) is 0 Å². The number of nitrogens with two attached hydrogens (primary N) is 1. The van der Waals surface area contributed by atoms with Gasteiger partial charge in [-0.1, -0.05) is 13.8 Å². The third-order valence-electron chi connectivity index (χ3n) is 8.62. The molecule has 4 N–H and O–H groups in total. The minimum atomic E-state index is 0.301. The van der Waals surface area contributed by atoms with E-state index < -0.39 is 0 Å². The van der Waals surface area contributed by atoms with Gasteiger partial charge in [-0.3, -0.25) is 9.80 Å². The Morgan fingerprint density at radius 2 is 1.30 bits per heavy atom. The number of aryl methyl sites for hydroxylation is 3. The van der Waals surface area contributed by atoms with Crippen LogP contribution in [0, 0.1) is 6.92 Å². The molecule has 0 bridgehead atoms. The van der Waals surface area contributed by atoms with E-state index in [-0.39, 0.29) is 0 Å². The minimum Gasteiger partial charge on any atom is -0.508 e. The van der Waals surface area contributed by atoms with Gasteiger partial charge in [0.25, 0.3) is 0 Å². The first-order valence-corrected chi connectivity index (χ1v) is 16.7. The van der Waals surface area contributed by atoms with Gasteiger partial charge in [0.05, 0.1) is 16.4 Å². The number of nitrogens with zero attached hydrogens (tertiary/aromatic N) is 4. The molecular weight excluding hydrogens is 539 g/mol. The van der Waals surface area contributed by atoms with E-state index in [9.17, 15) is 10.2 Å². The van der Waals surface area contributed by atoms with Crippen LogP contribution in [0.25, 0.3) is 0 Å². The van der Waals surface area contributed by atoms with E-state index >= 15 is 0 Å². The van der Waals surface area contributed by atoms with Gasteiger partial charge >= 0.3 is 0 Å². The molecule has 0 amide bonds. The summed E-state index contributed by atoms with van der Waals surface area (Å²) in [4.78, 5) is 17.1. The van der Waals surface area contributed by atoms with Crippen LogP contribution in [0.15, 0.2) is 12.1 Å². The summed E-state index contributed by atoms with van der Waals surface area (Å²) in [5, 5.41) is 23.8. The number of nitrogen functional groups attached to an aromatic ring is 1. The van der Waals surface area contributed by atoms with E-state index in [1.807, 2.05) is 11.3 Å². The summed E-state index contributed by atoms with van der Waals surface area (Å²) in [6.45, 7) is 10.4. The van der Waals surface area contributed by atoms with Gasteiger partial charge in [-0.2, -0.15) is 0 Å². The van der Waals surface area contributed by atoms with Gasteiger partial charge in [-0.25, -0.2) is 9.97 Å². The van der Waals surface area contributed by atoms with Crippen LogP contribution in [0.2, 0.25) is 0 Å². The summed E-state index contributed by atoms with van der Waals surface area (Å²) >= 11 is 3.47. The molecule has 9 heteroatoms. The number of phenolic OH excluding ortho intramolecular Hbond substituents is 2. The summed E-state index contributed by atoms with van der Waals surface area (Å²) in [5.74, 6) is 0.604. The molecule has 40 heavy (non-hydrogen) atoms. The number of phenols is 2. The van der Waals surface area contributed by atoms with E-state index in [2.05, 4.69) is 35.6 Å². The highest BCUT2D eigenvalue weighted by Gasteiger charge is 2.28. The highest BCUT2D eigenvalue weighted by Crippen LogP contribution is 2.33. The van der Waals surface area contributed by atoms with Crippen LogP contribution in [-0.2, 0) is 38.5 Å². The van der Waals surface area contributed by atoms with Crippen LogP contribution in [-0.4, -0.2) is 68.2 Å². The maximum absolute atomic E-state index is 11.0. The highest BCUT2D eigenvalue weighted by atomic mass is 32.1. The summed E-state index contributed by atoms with van der Waals surface area (Å²) in [7, 11) is 0. The van der Waals surface area contributed by atoms with E-state index in [0.29, 0.717) is 35.1 Å². The number of hydrogen-bond donors (Lipinski definition) is 3. The Morgan fingerprint density at radius 1 is 0.800 bits per heavy atom.